The highest BCUT2D eigenvalue weighted by molar-refractivity contribution is 6.30. The van der Waals surface area contributed by atoms with Crippen molar-refractivity contribution < 1.29 is 18.7 Å². The fourth-order valence-electron chi connectivity index (χ4n) is 2.48. The van der Waals surface area contributed by atoms with Gasteiger partial charge in [0.15, 0.2) is 0 Å². The number of allylic oxidation sites excluding steroid dienone is 1. The Bertz CT molecular complexity index is 1090. The second-order valence-electron chi connectivity index (χ2n) is 5.95. The fraction of sp³-hybridized carbons (Fsp3) is 0.0952. The minimum Gasteiger partial charge on any atom is -0.495 e. The maximum absolute atomic E-state index is 13.3. The average molecular weight is 429 g/mol. The van der Waals surface area contributed by atoms with Crippen molar-refractivity contribution in [1.29, 1.82) is 0 Å². The number of nitrogens with zero attached hydrogens (tertiary/aromatic N) is 2. The molecule has 0 fully saturated rings. The van der Waals surface area contributed by atoms with Crippen molar-refractivity contribution in [3.8, 4) is 17.4 Å². The van der Waals surface area contributed by atoms with Crippen LogP contribution in [0, 0.1) is 5.82 Å². The minimum atomic E-state index is -0.539. The van der Waals surface area contributed by atoms with Gasteiger partial charge < -0.3 is 20.1 Å². The first-order valence-electron chi connectivity index (χ1n) is 8.82. The number of carbonyl (C=O) groups is 1. The highest BCUT2D eigenvalue weighted by Crippen LogP contribution is 2.31. The molecule has 0 unspecified atom stereocenters. The highest BCUT2D eigenvalue weighted by Gasteiger charge is 2.09. The Balaban J connectivity index is 1.80. The summed E-state index contributed by atoms with van der Waals surface area (Å²) >= 11 is 5.77. The Morgan fingerprint density at radius 3 is 2.73 bits per heavy atom. The van der Waals surface area contributed by atoms with E-state index in [1.807, 2.05) is 0 Å². The van der Waals surface area contributed by atoms with E-state index in [1.165, 1.54) is 37.7 Å². The predicted molar refractivity (Wildman–Crippen MR) is 113 cm³/mol. The second kappa shape index (κ2) is 9.71. The molecule has 1 heterocycles. The van der Waals surface area contributed by atoms with Crippen molar-refractivity contribution in [2.24, 2.45) is 0 Å². The number of halogens is 2. The van der Waals surface area contributed by atoms with Crippen LogP contribution in [0.25, 0.3) is 0 Å². The number of aromatic nitrogens is 2. The number of hydrogen-bond donors (Lipinski definition) is 2. The van der Waals surface area contributed by atoms with Gasteiger partial charge in [0.05, 0.1) is 17.8 Å². The zero-order valence-corrected chi connectivity index (χ0v) is 16.9. The van der Waals surface area contributed by atoms with E-state index in [2.05, 4.69) is 20.6 Å². The molecule has 0 bridgehead atoms. The van der Waals surface area contributed by atoms with E-state index < -0.39 is 5.82 Å². The standard InChI is InChI=1S/C21H18ClFN4O3/c1-3-4-20(28)26-13-5-8-18(29-2)17(9-13)27-19-11-21(25-12-24-19)30-14-6-7-16(23)15(22)10-14/h3-12H,1-2H3,(H,26,28)(H,24,25,27)/b4-3+. The van der Waals surface area contributed by atoms with Gasteiger partial charge in [-0.2, -0.15) is 0 Å². The number of methoxy groups -OCH3 is 1. The Morgan fingerprint density at radius 1 is 1.17 bits per heavy atom. The van der Waals surface area contributed by atoms with Crippen molar-refractivity contribution in [3.63, 3.8) is 0 Å². The van der Waals surface area contributed by atoms with Crippen molar-refractivity contribution in [2.75, 3.05) is 17.7 Å². The third-order valence-electron chi connectivity index (χ3n) is 3.80. The van der Waals surface area contributed by atoms with E-state index in [-0.39, 0.29) is 16.8 Å². The normalized spacial score (nSPS) is 10.7. The molecule has 1 amide bonds. The molecule has 1 aromatic heterocycles. The maximum Gasteiger partial charge on any atom is 0.248 e. The second-order valence-corrected chi connectivity index (χ2v) is 6.36. The van der Waals surface area contributed by atoms with Gasteiger partial charge in [-0.05, 0) is 43.3 Å². The number of hydrogen-bond acceptors (Lipinski definition) is 6. The van der Waals surface area contributed by atoms with Gasteiger partial charge in [-0.15, -0.1) is 0 Å². The summed E-state index contributed by atoms with van der Waals surface area (Å²) in [6.07, 6.45) is 4.38. The quantitative estimate of drug-likeness (QED) is 0.495. The lowest BCUT2D eigenvalue weighted by Crippen LogP contribution is -2.08. The molecule has 30 heavy (non-hydrogen) atoms. The molecule has 0 radical (unpaired) electrons. The van der Waals surface area contributed by atoms with Crippen LogP contribution in [-0.2, 0) is 4.79 Å². The van der Waals surface area contributed by atoms with Crippen LogP contribution in [0.4, 0.5) is 21.6 Å². The molecule has 3 aromatic rings. The number of carbonyl (C=O) groups excluding carboxylic acids is 1. The first-order chi connectivity index (χ1) is 14.5. The molecular weight excluding hydrogens is 411 g/mol. The number of rotatable bonds is 7. The summed E-state index contributed by atoms with van der Waals surface area (Å²) in [5, 5.41) is 5.80. The molecule has 0 aliphatic carbocycles. The third kappa shape index (κ3) is 5.45. The number of anilines is 3. The molecular formula is C21H18ClFN4O3. The molecule has 154 valence electrons. The first-order valence-corrected chi connectivity index (χ1v) is 9.20. The first kappa shape index (κ1) is 21.1. The molecule has 0 saturated carbocycles. The van der Waals surface area contributed by atoms with Gasteiger partial charge in [0.1, 0.15) is 29.5 Å². The van der Waals surface area contributed by atoms with Gasteiger partial charge >= 0.3 is 0 Å². The largest absolute Gasteiger partial charge is 0.495 e. The smallest absolute Gasteiger partial charge is 0.248 e. The van der Waals surface area contributed by atoms with Gasteiger partial charge in [-0.1, -0.05) is 17.7 Å². The van der Waals surface area contributed by atoms with Crippen LogP contribution in [-0.4, -0.2) is 23.0 Å². The maximum atomic E-state index is 13.3. The summed E-state index contributed by atoms with van der Waals surface area (Å²) in [4.78, 5) is 20.0. The fourth-order valence-corrected chi connectivity index (χ4v) is 2.65. The molecule has 3 rings (SSSR count). The van der Waals surface area contributed by atoms with Gasteiger partial charge in [0.25, 0.3) is 0 Å². The van der Waals surface area contributed by atoms with Crippen LogP contribution in [0.5, 0.6) is 17.4 Å². The number of amides is 1. The summed E-state index contributed by atoms with van der Waals surface area (Å²) in [5.74, 6) is 0.740. The summed E-state index contributed by atoms with van der Waals surface area (Å²) in [6.45, 7) is 1.76. The molecule has 0 aliphatic rings. The molecule has 7 nitrogen and oxygen atoms in total. The lowest BCUT2D eigenvalue weighted by Gasteiger charge is -2.13. The van der Waals surface area contributed by atoms with Crippen molar-refractivity contribution in [3.05, 3.63) is 71.8 Å². The van der Waals surface area contributed by atoms with Crippen LogP contribution in [0.3, 0.4) is 0 Å². The van der Waals surface area contributed by atoms with Crippen LogP contribution in [0.2, 0.25) is 5.02 Å². The van der Waals surface area contributed by atoms with Crippen LogP contribution in [0.15, 0.2) is 60.9 Å². The Labute approximate surface area is 177 Å². The predicted octanol–water partition coefficient (Wildman–Crippen LogP) is 5.33. The van der Waals surface area contributed by atoms with Crippen LogP contribution < -0.4 is 20.1 Å². The summed E-state index contributed by atoms with van der Waals surface area (Å²) < 4.78 is 24.3. The van der Waals surface area contributed by atoms with Gasteiger partial charge in [-0.3, -0.25) is 4.79 Å². The Morgan fingerprint density at radius 2 is 2.00 bits per heavy atom. The van der Waals surface area contributed by atoms with Crippen molar-refractivity contribution in [2.45, 2.75) is 6.92 Å². The molecule has 0 atom stereocenters. The van der Waals surface area contributed by atoms with E-state index in [0.717, 1.165) is 0 Å². The SMILES string of the molecule is C/C=C/C(=O)Nc1ccc(OC)c(Nc2cc(Oc3ccc(F)c(Cl)c3)ncn2)c1. The zero-order chi connectivity index (χ0) is 21.5. The van der Waals surface area contributed by atoms with E-state index >= 15 is 0 Å². The summed E-state index contributed by atoms with van der Waals surface area (Å²) in [7, 11) is 1.53. The lowest BCUT2D eigenvalue weighted by molar-refractivity contribution is -0.111. The molecule has 2 aromatic carbocycles. The van der Waals surface area contributed by atoms with Crippen LogP contribution >= 0.6 is 11.6 Å². The van der Waals surface area contributed by atoms with Crippen molar-refractivity contribution >= 4 is 34.7 Å². The highest BCUT2D eigenvalue weighted by atomic mass is 35.5. The lowest BCUT2D eigenvalue weighted by atomic mass is 10.2. The van der Waals surface area contributed by atoms with E-state index in [0.29, 0.717) is 28.7 Å². The number of ether oxygens (including phenoxy) is 2. The van der Waals surface area contributed by atoms with Gasteiger partial charge in [0, 0.05) is 17.8 Å². The van der Waals surface area contributed by atoms with E-state index in [4.69, 9.17) is 21.1 Å². The summed E-state index contributed by atoms with van der Waals surface area (Å²) in [5.41, 5.74) is 1.15. The van der Waals surface area contributed by atoms with E-state index in [1.54, 1.807) is 37.3 Å². The van der Waals surface area contributed by atoms with Gasteiger partial charge in [0.2, 0.25) is 11.8 Å². The minimum absolute atomic E-state index is 0.0542. The van der Waals surface area contributed by atoms with E-state index in [9.17, 15) is 9.18 Å². The third-order valence-corrected chi connectivity index (χ3v) is 4.09. The molecule has 9 heteroatoms. The molecule has 0 spiro atoms. The van der Waals surface area contributed by atoms with Crippen LogP contribution in [0.1, 0.15) is 6.92 Å². The zero-order valence-electron chi connectivity index (χ0n) is 16.1. The van der Waals surface area contributed by atoms with Gasteiger partial charge in [-0.25, -0.2) is 14.4 Å². The average Bonchev–Trinajstić information content (AvgIpc) is 2.71. The Hall–Kier alpha value is -3.65. The number of benzene rings is 2. The Kier molecular flexibility index (Phi) is 6.82. The monoisotopic (exact) mass is 428 g/mol. The summed E-state index contributed by atoms with van der Waals surface area (Å²) in [6, 6.07) is 10.7. The molecule has 2 N–H and O–H groups in total. The molecule has 0 saturated heterocycles. The molecule has 0 aliphatic heterocycles. The number of nitrogens with one attached hydrogen (secondary N) is 2. The topological polar surface area (TPSA) is 85.4 Å². The van der Waals surface area contributed by atoms with Crippen molar-refractivity contribution in [1.82, 2.24) is 9.97 Å².